The Hall–Kier alpha value is -2.47. The van der Waals surface area contributed by atoms with Crippen molar-refractivity contribution in [3.05, 3.63) is 57.4 Å². The summed E-state index contributed by atoms with van der Waals surface area (Å²) in [6.45, 7) is 1.32. The zero-order chi connectivity index (χ0) is 15.7. The Morgan fingerprint density at radius 3 is 2.82 bits per heavy atom. The molecule has 1 heterocycles. The van der Waals surface area contributed by atoms with Crippen LogP contribution in [0.3, 0.4) is 0 Å². The molecule has 2 aromatic carbocycles. The number of ether oxygens (including phenoxy) is 1. The van der Waals surface area contributed by atoms with Crippen molar-refractivity contribution < 1.29 is 13.9 Å². The van der Waals surface area contributed by atoms with Crippen LogP contribution in [0.5, 0.6) is 5.75 Å². The molecule has 0 fully saturated rings. The number of rotatable bonds is 2. The maximum atomic E-state index is 12.1. The third kappa shape index (κ3) is 2.92. The Morgan fingerprint density at radius 2 is 2.05 bits per heavy atom. The van der Waals surface area contributed by atoms with Gasteiger partial charge in [0.1, 0.15) is 5.75 Å². The van der Waals surface area contributed by atoms with E-state index in [-0.39, 0.29) is 5.89 Å². The van der Waals surface area contributed by atoms with Crippen molar-refractivity contribution in [2.45, 2.75) is 6.92 Å². The topological polar surface area (TPSA) is 69.4 Å². The molecule has 0 saturated heterocycles. The third-order valence-electron chi connectivity index (χ3n) is 2.93. The summed E-state index contributed by atoms with van der Waals surface area (Å²) in [5, 5.41) is 0.397. The number of carbonyl (C=O) groups excluding carboxylic acids is 1. The summed E-state index contributed by atoms with van der Waals surface area (Å²) in [5.74, 6) is 0.120. The molecule has 3 rings (SSSR count). The largest absolute Gasteiger partial charge is 0.427 e. The lowest BCUT2D eigenvalue weighted by Gasteiger charge is -2.05. The maximum Gasteiger partial charge on any atom is 0.347 e. The number of benzene rings is 2. The Kier molecular flexibility index (Phi) is 3.77. The van der Waals surface area contributed by atoms with Crippen LogP contribution >= 0.6 is 15.9 Å². The van der Waals surface area contributed by atoms with E-state index in [2.05, 4.69) is 20.9 Å². The normalized spacial score (nSPS) is 10.6. The van der Waals surface area contributed by atoms with Gasteiger partial charge in [0.2, 0.25) is 5.89 Å². The van der Waals surface area contributed by atoms with E-state index in [0.717, 1.165) is 4.47 Å². The van der Waals surface area contributed by atoms with E-state index >= 15 is 0 Å². The minimum absolute atomic E-state index is 0.175. The lowest BCUT2D eigenvalue weighted by atomic mass is 10.2. The lowest BCUT2D eigenvalue weighted by molar-refractivity contribution is -0.131. The number of nitrogens with zero attached hydrogens (tertiary/aromatic N) is 1. The predicted octanol–water partition coefficient (Wildman–Crippen LogP) is 3.54. The van der Waals surface area contributed by atoms with Crippen molar-refractivity contribution in [3.63, 3.8) is 0 Å². The first-order valence-electron chi connectivity index (χ1n) is 6.42. The Morgan fingerprint density at radius 1 is 1.23 bits per heavy atom. The van der Waals surface area contributed by atoms with Crippen LogP contribution in [0.25, 0.3) is 22.4 Å². The van der Waals surface area contributed by atoms with Crippen LogP contribution in [0.1, 0.15) is 6.92 Å². The van der Waals surface area contributed by atoms with Crippen LogP contribution in [0.4, 0.5) is 0 Å². The van der Waals surface area contributed by atoms with Crippen molar-refractivity contribution >= 4 is 32.8 Å². The summed E-state index contributed by atoms with van der Waals surface area (Å²) in [4.78, 5) is 27.4. The van der Waals surface area contributed by atoms with Crippen molar-refractivity contribution in [2.24, 2.45) is 0 Å². The smallest absolute Gasteiger partial charge is 0.347 e. The molecule has 0 unspecified atom stereocenters. The molecule has 5 nitrogen and oxygen atoms in total. The van der Waals surface area contributed by atoms with E-state index in [9.17, 15) is 9.59 Å². The number of fused-ring (bicyclic) bond motifs is 1. The third-order valence-corrected chi connectivity index (χ3v) is 3.43. The van der Waals surface area contributed by atoms with Crippen LogP contribution < -0.4 is 10.4 Å². The molecule has 0 saturated carbocycles. The highest BCUT2D eigenvalue weighted by molar-refractivity contribution is 9.10. The Bertz CT molecular complexity index is 933. The molecule has 0 aliphatic carbocycles. The lowest BCUT2D eigenvalue weighted by Crippen LogP contribution is -2.04. The number of hydrogen-bond donors (Lipinski definition) is 0. The van der Waals surface area contributed by atoms with Gasteiger partial charge in [0, 0.05) is 17.0 Å². The first-order valence-corrected chi connectivity index (χ1v) is 7.21. The van der Waals surface area contributed by atoms with Gasteiger partial charge in [0.15, 0.2) is 0 Å². The van der Waals surface area contributed by atoms with E-state index in [1.807, 2.05) is 0 Å². The molecular formula is C16H10BrNO4. The number of carbonyl (C=O) groups is 1. The van der Waals surface area contributed by atoms with Gasteiger partial charge in [-0.3, -0.25) is 4.79 Å². The van der Waals surface area contributed by atoms with Gasteiger partial charge < -0.3 is 9.15 Å². The second kappa shape index (κ2) is 5.73. The molecule has 0 aliphatic rings. The Balaban J connectivity index is 2.12. The second-order valence-electron chi connectivity index (χ2n) is 4.59. The first-order chi connectivity index (χ1) is 10.5. The van der Waals surface area contributed by atoms with Gasteiger partial charge in [-0.2, -0.15) is 0 Å². The molecule has 0 bridgehead atoms. The minimum Gasteiger partial charge on any atom is -0.427 e. The van der Waals surface area contributed by atoms with Crippen LogP contribution in [0.15, 0.2) is 56.1 Å². The fourth-order valence-electron chi connectivity index (χ4n) is 2.03. The molecule has 0 aliphatic heterocycles. The maximum absolute atomic E-state index is 12.1. The molecule has 22 heavy (non-hydrogen) atoms. The van der Waals surface area contributed by atoms with Crippen LogP contribution in [0, 0.1) is 0 Å². The molecule has 6 heteroatoms. The van der Waals surface area contributed by atoms with Crippen molar-refractivity contribution in [3.8, 4) is 17.2 Å². The number of halogens is 1. The average Bonchev–Trinajstić information content (AvgIpc) is 2.47. The van der Waals surface area contributed by atoms with Crippen molar-refractivity contribution in [1.29, 1.82) is 0 Å². The SMILES string of the molecule is CC(=O)Oc1cccc(-c2nc3ccc(Br)cc3c(=O)o2)c1. The average molecular weight is 360 g/mol. The molecule has 0 amide bonds. The molecule has 1 aromatic heterocycles. The van der Waals surface area contributed by atoms with E-state index < -0.39 is 11.6 Å². The number of esters is 1. The van der Waals surface area contributed by atoms with Crippen molar-refractivity contribution in [1.82, 2.24) is 4.98 Å². The first kappa shape index (κ1) is 14.5. The van der Waals surface area contributed by atoms with Gasteiger partial charge in [-0.15, -0.1) is 0 Å². The summed E-state index contributed by atoms with van der Waals surface area (Å²) in [7, 11) is 0. The van der Waals surface area contributed by atoms with Gasteiger partial charge in [0.05, 0.1) is 10.9 Å². The highest BCUT2D eigenvalue weighted by atomic mass is 79.9. The molecule has 3 aromatic rings. The van der Waals surface area contributed by atoms with Gasteiger partial charge in [-0.1, -0.05) is 22.0 Å². The van der Waals surface area contributed by atoms with Gasteiger partial charge in [-0.05, 0) is 36.4 Å². The Labute approximate surface area is 133 Å². The van der Waals surface area contributed by atoms with E-state index in [1.54, 1.807) is 42.5 Å². The number of hydrogen-bond acceptors (Lipinski definition) is 5. The van der Waals surface area contributed by atoms with Gasteiger partial charge in [-0.25, -0.2) is 9.78 Å². The second-order valence-corrected chi connectivity index (χ2v) is 5.51. The molecule has 0 spiro atoms. The van der Waals surface area contributed by atoms with E-state index in [1.165, 1.54) is 6.92 Å². The quantitative estimate of drug-likeness (QED) is 0.517. The minimum atomic E-state index is -0.473. The number of aromatic nitrogens is 1. The standard InChI is InChI=1S/C16H10BrNO4/c1-9(19)21-12-4-2-3-10(7-12)15-18-14-6-5-11(17)8-13(14)16(20)22-15/h2-8H,1H3. The summed E-state index contributed by atoms with van der Waals surface area (Å²) in [5.41, 5.74) is 0.618. The molecular weight excluding hydrogens is 350 g/mol. The zero-order valence-corrected chi connectivity index (χ0v) is 13.1. The molecule has 0 radical (unpaired) electrons. The van der Waals surface area contributed by atoms with E-state index in [4.69, 9.17) is 9.15 Å². The molecule has 0 atom stereocenters. The monoisotopic (exact) mass is 359 g/mol. The summed E-state index contributed by atoms with van der Waals surface area (Å²) in [6.07, 6.45) is 0. The van der Waals surface area contributed by atoms with Crippen molar-refractivity contribution in [2.75, 3.05) is 0 Å². The highest BCUT2D eigenvalue weighted by Gasteiger charge is 2.10. The zero-order valence-electron chi connectivity index (χ0n) is 11.5. The summed E-state index contributed by atoms with van der Waals surface area (Å²) < 4.78 is 11.1. The summed E-state index contributed by atoms with van der Waals surface area (Å²) in [6, 6.07) is 11.8. The molecule has 0 N–H and O–H groups in total. The van der Waals surface area contributed by atoms with Gasteiger partial charge >= 0.3 is 11.6 Å². The van der Waals surface area contributed by atoms with Gasteiger partial charge in [0.25, 0.3) is 0 Å². The molecule has 110 valence electrons. The highest BCUT2D eigenvalue weighted by Crippen LogP contribution is 2.24. The van der Waals surface area contributed by atoms with Crippen LogP contribution in [-0.4, -0.2) is 11.0 Å². The predicted molar refractivity (Wildman–Crippen MR) is 84.7 cm³/mol. The summed E-state index contributed by atoms with van der Waals surface area (Å²) >= 11 is 3.31. The van der Waals surface area contributed by atoms with Crippen LogP contribution in [-0.2, 0) is 4.79 Å². The fourth-order valence-corrected chi connectivity index (χ4v) is 2.39. The van der Waals surface area contributed by atoms with E-state index in [0.29, 0.717) is 22.2 Å². The van der Waals surface area contributed by atoms with Crippen LogP contribution in [0.2, 0.25) is 0 Å². The fraction of sp³-hybridized carbons (Fsp3) is 0.0625.